The Morgan fingerprint density at radius 2 is 1.44 bits per heavy atom. The molecule has 3 saturated heterocycles. The molecule has 2 atom stereocenters. The molecular weight excluding hydrogens is 198 g/mol. The van der Waals surface area contributed by atoms with Crippen LogP contribution in [0.2, 0.25) is 0 Å². The maximum absolute atomic E-state index is 2.78. The molecule has 3 nitrogen and oxygen atoms in total. The van der Waals surface area contributed by atoms with Crippen LogP contribution >= 0.6 is 0 Å². The Balaban J connectivity index is 1.58. The summed E-state index contributed by atoms with van der Waals surface area (Å²) in [6.07, 6.45) is 5.70. The molecule has 0 aromatic heterocycles. The Labute approximate surface area is 99.4 Å². The number of rotatable bonds is 1. The standard InChI is InChI=1S/C13H25N3/c1-14-6-2-4-12(10-14)16-9-8-15-7-3-5-13(15)11-16/h12-13H,2-11H2,1H3. The van der Waals surface area contributed by atoms with Crippen LogP contribution in [0.3, 0.4) is 0 Å². The number of hydrogen-bond acceptors (Lipinski definition) is 3. The summed E-state index contributed by atoms with van der Waals surface area (Å²) in [6, 6.07) is 1.74. The van der Waals surface area contributed by atoms with Crippen molar-refractivity contribution in [3.8, 4) is 0 Å². The van der Waals surface area contributed by atoms with Crippen LogP contribution in [-0.4, -0.2) is 73.1 Å². The third-order valence-corrected chi connectivity index (χ3v) is 4.73. The molecule has 16 heavy (non-hydrogen) atoms. The minimum absolute atomic E-state index is 0.849. The van der Waals surface area contributed by atoms with Gasteiger partial charge in [0.1, 0.15) is 0 Å². The van der Waals surface area contributed by atoms with E-state index < -0.39 is 0 Å². The second kappa shape index (κ2) is 4.63. The van der Waals surface area contributed by atoms with E-state index in [9.17, 15) is 0 Å². The maximum Gasteiger partial charge on any atom is 0.0224 e. The molecule has 2 unspecified atom stereocenters. The highest BCUT2D eigenvalue weighted by Gasteiger charge is 2.34. The largest absolute Gasteiger partial charge is 0.305 e. The number of nitrogens with zero attached hydrogens (tertiary/aromatic N) is 3. The fraction of sp³-hybridized carbons (Fsp3) is 1.00. The first kappa shape index (κ1) is 11.0. The summed E-state index contributed by atoms with van der Waals surface area (Å²) in [7, 11) is 2.28. The van der Waals surface area contributed by atoms with Gasteiger partial charge in [-0.3, -0.25) is 9.80 Å². The Bertz CT molecular complexity index is 243. The molecule has 0 aromatic carbocycles. The van der Waals surface area contributed by atoms with Crippen LogP contribution in [0.25, 0.3) is 0 Å². The average molecular weight is 223 g/mol. The molecule has 0 bridgehead atoms. The molecule has 3 rings (SSSR count). The number of piperazine rings is 1. The Kier molecular flexibility index (Phi) is 3.18. The smallest absolute Gasteiger partial charge is 0.0224 e. The number of fused-ring (bicyclic) bond motifs is 1. The summed E-state index contributed by atoms with van der Waals surface area (Å²) < 4.78 is 0. The van der Waals surface area contributed by atoms with Crippen LogP contribution in [0.4, 0.5) is 0 Å². The lowest BCUT2D eigenvalue weighted by atomic mass is 10.0. The summed E-state index contributed by atoms with van der Waals surface area (Å²) in [4.78, 5) is 8.00. The summed E-state index contributed by atoms with van der Waals surface area (Å²) in [5.41, 5.74) is 0. The van der Waals surface area contributed by atoms with E-state index in [4.69, 9.17) is 0 Å². The molecule has 0 saturated carbocycles. The van der Waals surface area contributed by atoms with E-state index >= 15 is 0 Å². The summed E-state index contributed by atoms with van der Waals surface area (Å²) in [6.45, 7) is 7.95. The number of piperidine rings is 1. The highest BCUT2D eigenvalue weighted by atomic mass is 15.3. The van der Waals surface area contributed by atoms with Crippen LogP contribution < -0.4 is 0 Å². The van der Waals surface area contributed by atoms with Gasteiger partial charge in [-0.15, -0.1) is 0 Å². The lowest BCUT2D eigenvalue weighted by Gasteiger charge is -2.44. The van der Waals surface area contributed by atoms with E-state index in [0.717, 1.165) is 12.1 Å². The van der Waals surface area contributed by atoms with Crippen molar-refractivity contribution in [1.29, 1.82) is 0 Å². The fourth-order valence-electron chi connectivity index (χ4n) is 3.78. The monoisotopic (exact) mass is 223 g/mol. The van der Waals surface area contributed by atoms with E-state index in [-0.39, 0.29) is 0 Å². The minimum Gasteiger partial charge on any atom is -0.305 e. The third-order valence-electron chi connectivity index (χ3n) is 4.73. The third kappa shape index (κ3) is 2.13. The van der Waals surface area contributed by atoms with Crippen LogP contribution in [-0.2, 0) is 0 Å². The molecule has 0 aromatic rings. The lowest BCUT2D eigenvalue weighted by molar-refractivity contribution is 0.0417. The van der Waals surface area contributed by atoms with Crippen molar-refractivity contribution >= 4 is 0 Å². The predicted molar refractivity (Wildman–Crippen MR) is 66.7 cm³/mol. The fourth-order valence-corrected chi connectivity index (χ4v) is 3.78. The quantitative estimate of drug-likeness (QED) is 0.653. The van der Waals surface area contributed by atoms with Crippen molar-refractivity contribution in [2.45, 2.75) is 37.8 Å². The molecule has 0 radical (unpaired) electrons. The molecular formula is C13H25N3. The number of hydrogen-bond donors (Lipinski definition) is 0. The molecule has 0 spiro atoms. The van der Waals surface area contributed by atoms with Crippen LogP contribution in [0.1, 0.15) is 25.7 Å². The molecule has 0 N–H and O–H groups in total. The van der Waals surface area contributed by atoms with E-state index in [0.29, 0.717) is 0 Å². The van der Waals surface area contributed by atoms with Crippen molar-refractivity contribution in [3.63, 3.8) is 0 Å². The minimum atomic E-state index is 0.849. The van der Waals surface area contributed by atoms with Crippen molar-refractivity contribution in [2.24, 2.45) is 0 Å². The van der Waals surface area contributed by atoms with Gasteiger partial charge in [0, 0.05) is 38.3 Å². The van der Waals surface area contributed by atoms with Gasteiger partial charge in [0.2, 0.25) is 0 Å². The number of likely N-dealkylation sites (tertiary alicyclic amines) is 1. The van der Waals surface area contributed by atoms with Gasteiger partial charge in [0.05, 0.1) is 0 Å². The predicted octanol–water partition coefficient (Wildman–Crippen LogP) is 0.861. The molecule has 3 heterocycles. The van der Waals surface area contributed by atoms with E-state index in [1.54, 1.807) is 0 Å². The van der Waals surface area contributed by atoms with Crippen molar-refractivity contribution in [1.82, 2.24) is 14.7 Å². The molecule has 92 valence electrons. The van der Waals surface area contributed by atoms with Gasteiger partial charge in [-0.25, -0.2) is 0 Å². The zero-order valence-electron chi connectivity index (χ0n) is 10.6. The second-order valence-electron chi connectivity index (χ2n) is 5.89. The van der Waals surface area contributed by atoms with Gasteiger partial charge >= 0.3 is 0 Å². The van der Waals surface area contributed by atoms with Crippen LogP contribution in [0, 0.1) is 0 Å². The average Bonchev–Trinajstić information content (AvgIpc) is 2.75. The highest BCUT2D eigenvalue weighted by molar-refractivity contribution is 4.90. The van der Waals surface area contributed by atoms with Gasteiger partial charge in [-0.2, -0.15) is 0 Å². The molecule has 0 amide bonds. The lowest BCUT2D eigenvalue weighted by Crippen LogP contribution is -2.56. The first-order valence-corrected chi connectivity index (χ1v) is 6.99. The zero-order chi connectivity index (χ0) is 11.0. The molecule has 0 aliphatic carbocycles. The molecule has 3 aliphatic rings. The first-order chi connectivity index (χ1) is 7.83. The van der Waals surface area contributed by atoms with E-state index in [1.165, 1.54) is 65.0 Å². The number of likely N-dealkylation sites (N-methyl/N-ethyl adjacent to an activating group) is 1. The van der Waals surface area contributed by atoms with Crippen LogP contribution in [0.5, 0.6) is 0 Å². The Morgan fingerprint density at radius 3 is 2.25 bits per heavy atom. The SMILES string of the molecule is CN1CCCC(N2CCN3CCCC3C2)C1. The second-order valence-corrected chi connectivity index (χ2v) is 5.89. The van der Waals surface area contributed by atoms with Crippen molar-refractivity contribution in [3.05, 3.63) is 0 Å². The summed E-state index contributed by atoms with van der Waals surface area (Å²) in [5, 5.41) is 0. The van der Waals surface area contributed by atoms with Crippen LogP contribution in [0.15, 0.2) is 0 Å². The molecule has 3 heteroatoms. The summed E-state index contributed by atoms with van der Waals surface area (Å²) in [5.74, 6) is 0. The normalized spacial score (nSPS) is 38.8. The van der Waals surface area contributed by atoms with Gasteiger partial charge in [-0.05, 0) is 45.8 Å². The van der Waals surface area contributed by atoms with Gasteiger partial charge in [0.15, 0.2) is 0 Å². The Morgan fingerprint density at radius 1 is 0.750 bits per heavy atom. The topological polar surface area (TPSA) is 9.72 Å². The van der Waals surface area contributed by atoms with E-state index in [2.05, 4.69) is 21.7 Å². The van der Waals surface area contributed by atoms with Gasteiger partial charge in [-0.1, -0.05) is 0 Å². The van der Waals surface area contributed by atoms with Gasteiger partial charge < -0.3 is 4.90 Å². The first-order valence-electron chi connectivity index (χ1n) is 6.99. The molecule has 3 aliphatic heterocycles. The van der Waals surface area contributed by atoms with Crippen molar-refractivity contribution < 1.29 is 0 Å². The van der Waals surface area contributed by atoms with Crippen molar-refractivity contribution in [2.75, 3.05) is 46.3 Å². The molecule has 3 fully saturated rings. The Hall–Kier alpha value is -0.120. The zero-order valence-corrected chi connectivity index (χ0v) is 10.6. The summed E-state index contributed by atoms with van der Waals surface area (Å²) >= 11 is 0. The van der Waals surface area contributed by atoms with E-state index in [1.807, 2.05) is 0 Å². The maximum atomic E-state index is 2.78. The highest BCUT2D eigenvalue weighted by Crippen LogP contribution is 2.24. The van der Waals surface area contributed by atoms with Gasteiger partial charge in [0.25, 0.3) is 0 Å².